The average molecular weight is 406 g/mol. The minimum Gasteiger partial charge on any atom is -0.478 e. The van der Waals surface area contributed by atoms with E-state index < -0.39 is 18.0 Å². The van der Waals surface area contributed by atoms with Gasteiger partial charge in [-0.3, -0.25) is 4.79 Å². The van der Waals surface area contributed by atoms with Gasteiger partial charge in [-0.15, -0.1) is 0 Å². The number of amides is 1. The fourth-order valence-electron chi connectivity index (χ4n) is 3.04. The Bertz CT molecular complexity index is 926. The van der Waals surface area contributed by atoms with Crippen LogP contribution in [0.4, 0.5) is 5.69 Å². The molecule has 0 aromatic heterocycles. The number of halogens is 2. The Morgan fingerprint density at radius 3 is 2.63 bits per heavy atom. The number of hydrogen-bond acceptors (Lipinski definition) is 3. The number of ether oxygens (including phenoxy) is 1. The summed E-state index contributed by atoms with van der Waals surface area (Å²) < 4.78 is 5.91. The zero-order valence-corrected chi connectivity index (χ0v) is 16.0. The molecule has 0 saturated carbocycles. The molecular formula is C20H17Cl2NO4. The van der Waals surface area contributed by atoms with Crippen molar-refractivity contribution in [3.63, 3.8) is 0 Å². The summed E-state index contributed by atoms with van der Waals surface area (Å²) >= 11 is 12.6. The van der Waals surface area contributed by atoms with Crippen LogP contribution in [0, 0.1) is 0 Å². The van der Waals surface area contributed by atoms with Crippen molar-refractivity contribution < 1.29 is 19.4 Å². The Hall–Kier alpha value is -2.50. The molecule has 2 aromatic rings. The van der Waals surface area contributed by atoms with Crippen molar-refractivity contribution >= 4 is 40.8 Å². The largest absolute Gasteiger partial charge is 0.478 e. The van der Waals surface area contributed by atoms with Gasteiger partial charge in [-0.25, -0.2) is 4.79 Å². The third-order valence-electron chi connectivity index (χ3n) is 4.15. The van der Waals surface area contributed by atoms with Crippen LogP contribution in [0.25, 0.3) is 0 Å². The first-order valence-corrected chi connectivity index (χ1v) is 9.15. The Kier molecular flexibility index (Phi) is 5.73. The second-order valence-electron chi connectivity index (χ2n) is 6.03. The fourth-order valence-corrected chi connectivity index (χ4v) is 3.45. The van der Waals surface area contributed by atoms with E-state index in [1.807, 2.05) is 6.92 Å². The number of benzene rings is 2. The first kappa shape index (κ1) is 19.3. The number of carbonyl (C=O) groups excluding carboxylic acids is 1. The number of anilines is 1. The maximum Gasteiger partial charge on any atom is 0.332 e. The normalized spacial score (nSPS) is 18.0. The molecule has 5 nitrogen and oxygen atoms in total. The summed E-state index contributed by atoms with van der Waals surface area (Å²) in [5, 5.41) is 10.1. The minimum absolute atomic E-state index is 0.256. The first-order valence-electron chi connectivity index (χ1n) is 8.39. The topological polar surface area (TPSA) is 66.8 Å². The molecule has 1 aliphatic heterocycles. The zero-order valence-electron chi connectivity index (χ0n) is 14.5. The lowest BCUT2D eigenvalue weighted by Crippen LogP contribution is -2.32. The minimum atomic E-state index is -1.27. The van der Waals surface area contributed by atoms with E-state index in [4.69, 9.17) is 27.9 Å². The highest BCUT2D eigenvalue weighted by Gasteiger charge is 2.34. The van der Waals surface area contributed by atoms with Crippen molar-refractivity contribution in [1.82, 2.24) is 0 Å². The molecule has 0 bridgehead atoms. The summed E-state index contributed by atoms with van der Waals surface area (Å²) in [7, 11) is 0. The molecule has 0 fully saturated rings. The third kappa shape index (κ3) is 3.94. The predicted molar refractivity (Wildman–Crippen MR) is 104 cm³/mol. The van der Waals surface area contributed by atoms with Crippen LogP contribution in [0.5, 0.6) is 0 Å². The van der Waals surface area contributed by atoms with Gasteiger partial charge in [0, 0.05) is 27.7 Å². The second-order valence-corrected chi connectivity index (χ2v) is 6.87. The summed E-state index contributed by atoms with van der Waals surface area (Å²) in [6.07, 6.45) is 0.691. The lowest BCUT2D eigenvalue weighted by atomic mass is 9.99. The lowest BCUT2D eigenvalue weighted by Gasteiger charge is -2.22. The van der Waals surface area contributed by atoms with Crippen LogP contribution in [0.1, 0.15) is 30.6 Å². The highest BCUT2D eigenvalue weighted by atomic mass is 35.5. The number of carboxylic acids is 1. The van der Waals surface area contributed by atoms with Gasteiger partial charge in [0.05, 0.1) is 11.8 Å². The van der Waals surface area contributed by atoms with E-state index in [-0.39, 0.29) is 5.76 Å². The molecule has 1 amide bonds. The van der Waals surface area contributed by atoms with E-state index in [1.165, 1.54) is 4.90 Å². The number of carboxylic acid groups (broad SMARTS) is 1. The summed E-state index contributed by atoms with van der Waals surface area (Å²) in [4.78, 5) is 25.7. The van der Waals surface area contributed by atoms with E-state index in [0.717, 1.165) is 6.08 Å². The van der Waals surface area contributed by atoms with E-state index >= 15 is 0 Å². The standard InChI is InChI=1S/C20H17Cl2NO4/c1-2-9-23-16-8-7-12(21)10-14(16)19(13-5-3-4-6-15(13)22)27-17(20(23)26)11-18(24)25/h3-8,10-11,19H,2,9H2,1H3,(H,24,25)/b17-11+. The van der Waals surface area contributed by atoms with Gasteiger partial charge in [0.1, 0.15) is 0 Å². The molecule has 1 N–H and O–H groups in total. The highest BCUT2D eigenvalue weighted by Crippen LogP contribution is 2.42. The Labute approximate surface area is 166 Å². The maximum atomic E-state index is 13.0. The number of fused-ring (bicyclic) bond motifs is 1. The summed E-state index contributed by atoms with van der Waals surface area (Å²) in [6, 6.07) is 12.2. The first-order chi connectivity index (χ1) is 12.9. The molecule has 3 rings (SSSR count). The van der Waals surface area contributed by atoms with Crippen LogP contribution in [-0.4, -0.2) is 23.5 Å². The van der Waals surface area contributed by atoms with E-state index in [0.29, 0.717) is 39.8 Å². The van der Waals surface area contributed by atoms with Gasteiger partial charge in [0.15, 0.2) is 11.9 Å². The van der Waals surface area contributed by atoms with Crippen molar-refractivity contribution in [2.24, 2.45) is 0 Å². The molecule has 140 valence electrons. The monoisotopic (exact) mass is 405 g/mol. The van der Waals surface area contributed by atoms with Gasteiger partial charge in [0.2, 0.25) is 0 Å². The second kappa shape index (κ2) is 8.03. The Morgan fingerprint density at radius 1 is 1.22 bits per heavy atom. The van der Waals surface area contributed by atoms with Gasteiger partial charge >= 0.3 is 5.97 Å². The van der Waals surface area contributed by atoms with Crippen LogP contribution in [0.15, 0.2) is 54.3 Å². The molecule has 1 heterocycles. The third-order valence-corrected chi connectivity index (χ3v) is 4.73. The van der Waals surface area contributed by atoms with Crippen LogP contribution < -0.4 is 4.90 Å². The summed E-state index contributed by atoms with van der Waals surface area (Å²) in [5.74, 6) is -2.04. The number of rotatable bonds is 4. The molecule has 2 aromatic carbocycles. The van der Waals surface area contributed by atoms with Crippen LogP contribution >= 0.6 is 23.2 Å². The quantitative estimate of drug-likeness (QED) is 0.739. The van der Waals surface area contributed by atoms with Crippen molar-refractivity contribution in [3.05, 3.63) is 75.5 Å². The van der Waals surface area contributed by atoms with Gasteiger partial charge in [-0.2, -0.15) is 0 Å². The molecule has 0 saturated heterocycles. The highest BCUT2D eigenvalue weighted by molar-refractivity contribution is 6.31. The molecule has 0 aliphatic carbocycles. The molecule has 0 radical (unpaired) electrons. The average Bonchev–Trinajstić information content (AvgIpc) is 2.72. The smallest absolute Gasteiger partial charge is 0.332 e. The van der Waals surface area contributed by atoms with Crippen molar-refractivity contribution in [3.8, 4) is 0 Å². The van der Waals surface area contributed by atoms with E-state index in [2.05, 4.69) is 0 Å². The molecule has 1 unspecified atom stereocenters. The number of aliphatic carboxylic acids is 1. The van der Waals surface area contributed by atoms with Gasteiger partial charge in [-0.05, 0) is 30.7 Å². The molecule has 0 spiro atoms. The van der Waals surface area contributed by atoms with Gasteiger partial charge in [0.25, 0.3) is 5.91 Å². The molecule has 7 heteroatoms. The molecule has 1 aliphatic rings. The van der Waals surface area contributed by atoms with Crippen LogP contribution in [0.2, 0.25) is 10.0 Å². The molecular weight excluding hydrogens is 389 g/mol. The summed E-state index contributed by atoms with van der Waals surface area (Å²) in [5.41, 5.74) is 1.88. The van der Waals surface area contributed by atoms with Crippen LogP contribution in [-0.2, 0) is 14.3 Å². The molecule has 1 atom stereocenters. The predicted octanol–water partition coefficient (Wildman–Crippen LogP) is 4.82. The maximum absolute atomic E-state index is 13.0. The van der Waals surface area contributed by atoms with Crippen molar-refractivity contribution in [2.45, 2.75) is 19.4 Å². The fraction of sp³-hybridized carbons (Fsp3) is 0.200. The van der Waals surface area contributed by atoms with Gasteiger partial charge in [-0.1, -0.05) is 48.3 Å². The van der Waals surface area contributed by atoms with E-state index in [1.54, 1.807) is 42.5 Å². The number of carbonyl (C=O) groups is 2. The zero-order chi connectivity index (χ0) is 19.6. The van der Waals surface area contributed by atoms with Crippen LogP contribution in [0.3, 0.4) is 0 Å². The SMILES string of the molecule is CCCN1C(=O)/C(=C\C(=O)O)OC(c2ccccc2Cl)c2cc(Cl)ccc21. The van der Waals surface area contributed by atoms with Gasteiger partial charge < -0.3 is 14.7 Å². The summed E-state index contributed by atoms with van der Waals surface area (Å²) in [6.45, 7) is 2.34. The van der Waals surface area contributed by atoms with E-state index in [9.17, 15) is 14.7 Å². The molecule has 27 heavy (non-hydrogen) atoms. The van der Waals surface area contributed by atoms with Crippen molar-refractivity contribution in [1.29, 1.82) is 0 Å². The Morgan fingerprint density at radius 2 is 1.96 bits per heavy atom. The number of hydrogen-bond donors (Lipinski definition) is 1. The van der Waals surface area contributed by atoms with Crippen molar-refractivity contribution in [2.75, 3.05) is 11.4 Å². The lowest BCUT2D eigenvalue weighted by molar-refractivity contribution is -0.132. The number of nitrogens with zero attached hydrogens (tertiary/aromatic N) is 1. The Balaban J connectivity index is 2.27.